The Morgan fingerprint density at radius 3 is 2.48 bits per heavy atom. The Bertz CT molecular complexity index is 633. The summed E-state index contributed by atoms with van der Waals surface area (Å²) in [6.45, 7) is 7.47. The van der Waals surface area contributed by atoms with Gasteiger partial charge in [-0.05, 0) is 77.8 Å². The third-order valence-corrected chi connectivity index (χ3v) is 6.16. The van der Waals surface area contributed by atoms with Crippen LogP contribution in [0.3, 0.4) is 0 Å². The van der Waals surface area contributed by atoms with E-state index < -0.39 is 0 Å². The van der Waals surface area contributed by atoms with Crippen molar-refractivity contribution >= 4 is 5.91 Å². The second-order valence-electron chi connectivity index (χ2n) is 8.05. The molecule has 1 aromatic rings. The van der Waals surface area contributed by atoms with Gasteiger partial charge in [0.25, 0.3) is 5.91 Å². The van der Waals surface area contributed by atoms with Crippen molar-refractivity contribution < 1.29 is 4.79 Å². The van der Waals surface area contributed by atoms with Crippen molar-refractivity contribution in [2.75, 3.05) is 39.8 Å². The summed E-state index contributed by atoms with van der Waals surface area (Å²) in [7, 11) is 2.15. The molecule has 0 aromatic carbocycles. The average Bonchev–Trinajstić information content (AvgIpc) is 2.63. The van der Waals surface area contributed by atoms with Gasteiger partial charge in [-0.1, -0.05) is 0 Å². The summed E-state index contributed by atoms with van der Waals surface area (Å²) in [6, 6.07) is 2.10. The summed E-state index contributed by atoms with van der Waals surface area (Å²) in [6.07, 6.45) is 4.55. The van der Waals surface area contributed by atoms with Crippen LogP contribution in [0.5, 0.6) is 0 Å². The Hall–Kier alpha value is -1.53. The van der Waals surface area contributed by atoms with E-state index in [9.17, 15) is 4.79 Å². The van der Waals surface area contributed by atoms with Gasteiger partial charge < -0.3 is 15.1 Å². The molecule has 25 heavy (non-hydrogen) atoms. The zero-order chi connectivity index (χ0) is 17.4. The number of carbonyl (C=O) groups excluding carboxylic acids is 1. The van der Waals surface area contributed by atoms with Gasteiger partial charge in [-0.3, -0.25) is 4.79 Å². The number of nitrogens with one attached hydrogen (secondary N) is 1. The van der Waals surface area contributed by atoms with E-state index in [0.717, 1.165) is 44.0 Å². The molecule has 1 atom stereocenters. The van der Waals surface area contributed by atoms with E-state index >= 15 is 0 Å². The number of aromatic nitrogens is 2. The highest BCUT2D eigenvalue weighted by atomic mass is 16.2. The number of hydrogen-bond acceptors (Lipinski definition) is 5. The van der Waals surface area contributed by atoms with Gasteiger partial charge in [0.1, 0.15) is 11.5 Å². The number of aryl methyl sites for hydroxylation is 1. The lowest BCUT2D eigenvalue weighted by Gasteiger charge is -2.44. The molecule has 6 heteroatoms. The largest absolute Gasteiger partial charge is 0.346 e. The molecule has 4 aliphatic heterocycles. The van der Waals surface area contributed by atoms with Crippen LogP contribution in [0, 0.1) is 12.8 Å². The maximum atomic E-state index is 12.8. The molecule has 0 aliphatic carbocycles. The molecule has 0 spiro atoms. The summed E-state index contributed by atoms with van der Waals surface area (Å²) in [4.78, 5) is 26.9. The van der Waals surface area contributed by atoms with Crippen LogP contribution in [0.1, 0.15) is 53.6 Å². The second-order valence-corrected chi connectivity index (χ2v) is 8.05. The molecular formula is C19H29N5O. The fourth-order valence-corrected chi connectivity index (χ4v) is 4.53. The molecule has 1 N–H and O–H groups in total. The molecule has 5 rings (SSSR count). The highest BCUT2D eigenvalue weighted by Gasteiger charge is 2.35. The first kappa shape index (κ1) is 16.9. The average molecular weight is 343 g/mol. The van der Waals surface area contributed by atoms with Gasteiger partial charge in [0.2, 0.25) is 0 Å². The lowest BCUT2D eigenvalue weighted by molar-refractivity contribution is 0.0617. The third kappa shape index (κ3) is 3.70. The van der Waals surface area contributed by atoms with E-state index in [2.05, 4.69) is 32.1 Å². The first-order chi connectivity index (χ1) is 12.1. The Morgan fingerprint density at radius 2 is 1.84 bits per heavy atom. The van der Waals surface area contributed by atoms with Gasteiger partial charge in [0.05, 0.1) is 0 Å². The predicted molar refractivity (Wildman–Crippen MR) is 96.7 cm³/mol. The SMILES string of the molecule is Cc1cc(C(=O)NC2CN3CCC2CC3)nc(C2CCN(C)CC2)n1. The first-order valence-corrected chi connectivity index (χ1v) is 9.66. The van der Waals surface area contributed by atoms with Crippen molar-refractivity contribution in [2.45, 2.75) is 44.6 Å². The van der Waals surface area contributed by atoms with E-state index in [0.29, 0.717) is 17.5 Å². The van der Waals surface area contributed by atoms with Crippen LogP contribution in [0.4, 0.5) is 0 Å². The smallest absolute Gasteiger partial charge is 0.270 e. The van der Waals surface area contributed by atoms with Crippen molar-refractivity contribution in [2.24, 2.45) is 5.92 Å². The molecule has 136 valence electrons. The molecule has 4 saturated heterocycles. The molecule has 4 aliphatic rings. The van der Waals surface area contributed by atoms with Gasteiger partial charge in [-0.25, -0.2) is 9.97 Å². The van der Waals surface area contributed by atoms with Crippen LogP contribution in [-0.2, 0) is 0 Å². The first-order valence-electron chi connectivity index (χ1n) is 9.66. The lowest BCUT2D eigenvalue weighted by Crippen LogP contribution is -2.57. The Labute approximate surface area is 150 Å². The van der Waals surface area contributed by atoms with Gasteiger partial charge in [-0.2, -0.15) is 0 Å². The summed E-state index contributed by atoms with van der Waals surface area (Å²) >= 11 is 0. The topological polar surface area (TPSA) is 61.4 Å². The van der Waals surface area contributed by atoms with E-state index in [1.54, 1.807) is 0 Å². The van der Waals surface area contributed by atoms with Gasteiger partial charge in [0, 0.05) is 24.2 Å². The standard InChI is InChI=1S/C19H29N5O/c1-13-11-16(21-18(20-13)15-3-7-23(2)8-4-15)19(25)22-17-12-24-9-5-14(17)6-10-24/h11,14-15,17H,3-10,12H2,1-2H3,(H,22,25). The van der Waals surface area contributed by atoms with Gasteiger partial charge >= 0.3 is 0 Å². The van der Waals surface area contributed by atoms with Crippen LogP contribution in [0.15, 0.2) is 6.07 Å². The van der Waals surface area contributed by atoms with E-state index in [1.165, 1.54) is 25.9 Å². The number of nitrogens with zero attached hydrogens (tertiary/aromatic N) is 4. The molecule has 2 bridgehead atoms. The molecule has 6 nitrogen and oxygen atoms in total. The minimum absolute atomic E-state index is 0.0292. The molecule has 1 aromatic heterocycles. The van der Waals surface area contributed by atoms with Crippen LogP contribution >= 0.6 is 0 Å². The molecular weight excluding hydrogens is 314 g/mol. The Morgan fingerprint density at radius 1 is 1.12 bits per heavy atom. The van der Waals surface area contributed by atoms with Gasteiger partial charge in [0.15, 0.2) is 0 Å². The van der Waals surface area contributed by atoms with Crippen LogP contribution in [0.2, 0.25) is 0 Å². The van der Waals surface area contributed by atoms with Crippen molar-refractivity contribution in [1.82, 2.24) is 25.1 Å². The van der Waals surface area contributed by atoms with Crippen LogP contribution in [0.25, 0.3) is 0 Å². The van der Waals surface area contributed by atoms with Crippen LogP contribution in [-0.4, -0.2) is 71.5 Å². The third-order valence-electron chi connectivity index (χ3n) is 6.16. The molecule has 1 amide bonds. The quantitative estimate of drug-likeness (QED) is 0.899. The molecule has 0 saturated carbocycles. The van der Waals surface area contributed by atoms with Crippen molar-refractivity contribution in [3.05, 3.63) is 23.3 Å². The zero-order valence-electron chi connectivity index (χ0n) is 15.4. The summed E-state index contributed by atoms with van der Waals surface area (Å²) < 4.78 is 0. The highest BCUT2D eigenvalue weighted by molar-refractivity contribution is 5.92. The van der Waals surface area contributed by atoms with Crippen molar-refractivity contribution in [3.63, 3.8) is 0 Å². The summed E-state index contributed by atoms with van der Waals surface area (Å²) in [5, 5.41) is 3.25. The lowest BCUT2D eigenvalue weighted by atomic mass is 9.84. The number of rotatable bonds is 3. The fourth-order valence-electron chi connectivity index (χ4n) is 4.53. The number of fused-ring (bicyclic) bond motifs is 3. The number of amides is 1. The summed E-state index contributed by atoms with van der Waals surface area (Å²) in [5.41, 5.74) is 1.43. The number of hydrogen-bond donors (Lipinski definition) is 1. The maximum Gasteiger partial charge on any atom is 0.270 e. The zero-order valence-corrected chi connectivity index (χ0v) is 15.4. The fraction of sp³-hybridized carbons (Fsp3) is 0.737. The Balaban J connectivity index is 1.47. The normalized spacial score (nSPS) is 30.4. The Kier molecular flexibility index (Phi) is 4.73. The number of piperidine rings is 4. The van der Waals surface area contributed by atoms with Crippen molar-refractivity contribution in [1.29, 1.82) is 0 Å². The molecule has 1 unspecified atom stereocenters. The second kappa shape index (κ2) is 7.00. The number of carbonyl (C=O) groups is 1. The van der Waals surface area contributed by atoms with E-state index in [4.69, 9.17) is 0 Å². The predicted octanol–water partition coefficient (Wildman–Crippen LogP) is 1.42. The van der Waals surface area contributed by atoms with Gasteiger partial charge in [-0.15, -0.1) is 0 Å². The van der Waals surface area contributed by atoms with Crippen molar-refractivity contribution in [3.8, 4) is 0 Å². The van der Waals surface area contributed by atoms with E-state index in [1.807, 2.05) is 13.0 Å². The molecule has 5 heterocycles. The maximum absolute atomic E-state index is 12.8. The highest BCUT2D eigenvalue weighted by Crippen LogP contribution is 2.28. The minimum atomic E-state index is -0.0292. The minimum Gasteiger partial charge on any atom is -0.346 e. The van der Waals surface area contributed by atoms with Crippen LogP contribution < -0.4 is 5.32 Å². The summed E-state index contributed by atoms with van der Waals surface area (Å²) in [5.74, 6) is 1.83. The monoisotopic (exact) mass is 343 g/mol. The molecule has 4 fully saturated rings. The number of likely N-dealkylation sites (tertiary alicyclic amines) is 1. The molecule has 0 radical (unpaired) electrons. The van der Waals surface area contributed by atoms with E-state index in [-0.39, 0.29) is 11.9 Å².